The molecule has 17 heavy (non-hydrogen) atoms. The Bertz CT molecular complexity index is 234. The maximum absolute atomic E-state index is 6.39. The molecule has 1 aliphatic carbocycles. The van der Waals surface area contributed by atoms with E-state index < -0.39 is 0 Å². The van der Waals surface area contributed by atoms with Gasteiger partial charge in [-0.25, -0.2) is 0 Å². The molecule has 100 valence electrons. The predicted molar refractivity (Wildman–Crippen MR) is 71.0 cm³/mol. The van der Waals surface area contributed by atoms with Crippen LogP contribution in [-0.2, 0) is 4.74 Å². The Morgan fingerprint density at radius 1 is 1.24 bits per heavy atom. The molecule has 1 saturated heterocycles. The monoisotopic (exact) mass is 240 g/mol. The second-order valence-corrected chi connectivity index (χ2v) is 5.77. The molecule has 1 heterocycles. The number of nitrogens with two attached hydrogens (primary N) is 1. The van der Waals surface area contributed by atoms with Gasteiger partial charge in [-0.1, -0.05) is 26.2 Å². The summed E-state index contributed by atoms with van der Waals surface area (Å²) in [6, 6.07) is 1.55. The molecule has 2 N–H and O–H groups in total. The summed E-state index contributed by atoms with van der Waals surface area (Å²) in [4.78, 5) is 2.66. The van der Waals surface area contributed by atoms with Gasteiger partial charge in [-0.3, -0.25) is 4.90 Å². The molecule has 2 rings (SSSR count). The molecule has 1 saturated carbocycles. The molecule has 2 aliphatic rings. The van der Waals surface area contributed by atoms with Crippen LogP contribution >= 0.6 is 0 Å². The highest BCUT2D eigenvalue weighted by atomic mass is 16.5. The maximum Gasteiger partial charge on any atom is 0.0674 e. The zero-order valence-electron chi connectivity index (χ0n) is 11.4. The second kappa shape index (κ2) is 6.17. The fraction of sp³-hybridized carbons (Fsp3) is 1.00. The summed E-state index contributed by atoms with van der Waals surface area (Å²) >= 11 is 0. The van der Waals surface area contributed by atoms with Crippen molar-refractivity contribution in [2.45, 2.75) is 76.6 Å². The van der Waals surface area contributed by atoms with Crippen molar-refractivity contribution in [2.24, 2.45) is 5.73 Å². The fourth-order valence-corrected chi connectivity index (χ4v) is 3.36. The maximum atomic E-state index is 6.39. The van der Waals surface area contributed by atoms with Gasteiger partial charge in [0.25, 0.3) is 0 Å². The van der Waals surface area contributed by atoms with Gasteiger partial charge < -0.3 is 10.5 Å². The summed E-state index contributed by atoms with van der Waals surface area (Å²) in [6.45, 7) is 6.40. The van der Waals surface area contributed by atoms with Crippen molar-refractivity contribution >= 4 is 0 Å². The Kier molecular flexibility index (Phi) is 4.83. The van der Waals surface area contributed by atoms with Gasteiger partial charge >= 0.3 is 0 Å². The van der Waals surface area contributed by atoms with Crippen LogP contribution in [0.4, 0.5) is 0 Å². The Morgan fingerprint density at radius 2 is 2.00 bits per heavy atom. The minimum Gasteiger partial charge on any atom is -0.376 e. The summed E-state index contributed by atoms with van der Waals surface area (Å²) < 4.78 is 5.79. The lowest BCUT2D eigenvalue weighted by atomic mass is 9.98. The van der Waals surface area contributed by atoms with Gasteiger partial charge in [0, 0.05) is 24.7 Å². The van der Waals surface area contributed by atoms with Crippen molar-refractivity contribution in [2.75, 3.05) is 13.2 Å². The third-order valence-electron chi connectivity index (χ3n) is 4.44. The SMILES string of the molecule is CCC1COC(C)CN1C1CCCCCC1N. The minimum atomic E-state index is 0.369. The molecule has 3 nitrogen and oxygen atoms in total. The van der Waals surface area contributed by atoms with Crippen LogP contribution < -0.4 is 5.73 Å². The number of ether oxygens (including phenoxy) is 1. The number of morpholine rings is 1. The lowest BCUT2D eigenvalue weighted by Gasteiger charge is -2.44. The molecule has 0 aromatic heterocycles. The van der Waals surface area contributed by atoms with Crippen molar-refractivity contribution in [1.29, 1.82) is 0 Å². The predicted octanol–water partition coefficient (Wildman–Crippen LogP) is 2.15. The largest absolute Gasteiger partial charge is 0.376 e. The Morgan fingerprint density at radius 3 is 2.76 bits per heavy atom. The molecule has 0 aromatic carbocycles. The fourth-order valence-electron chi connectivity index (χ4n) is 3.36. The van der Waals surface area contributed by atoms with Gasteiger partial charge in [0.05, 0.1) is 12.7 Å². The van der Waals surface area contributed by atoms with E-state index in [0.29, 0.717) is 24.2 Å². The van der Waals surface area contributed by atoms with Crippen molar-refractivity contribution in [3.8, 4) is 0 Å². The molecule has 2 fully saturated rings. The lowest BCUT2D eigenvalue weighted by molar-refractivity contribution is -0.0769. The highest BCUT2D eigenvalue weighted by Gasteiger charge is 2.34. The van der Waals surface area contributed by atoms with Crippen LogP contribution in [0.5, 0.6) is 0 Å². The van der Waals surface area contributed by atoms with E-state index >= 15 is 0 Å². The van der Waals surface area contributed by atoms with Crippen LogP contribution in [0.25, 0.3) is 0 Å². The number of rotatable bonds is 2. The van der Waals surface area contributed by atoms with Gasteiger partial charge in [0.1, 0.15) is 0 Å². The van der Waals surface area contributed by atoms with Gasteiger partial charge in [0.2, 0.25) is 0 Å². The summed E-state index contributed by atoms with van der Waals surface area (Å²) in [6.07, 6.45) is 8.05. The first kappa shape index (κ1) is 13.3. The highest BCUT2D eigenvalue weighted by Crippen LogP contribution is 2.26. The molecular weight excluding hydrogens is 212 g/mol. The van der Waals surface area contributed by atoms with E-state index in [9.17, 15) is 0 Å². The van der Waals surface area contributed by atoms with Crippen LogP contribution in [0.1, 0.15) is 52.4 Å². The van der Waals surface area contributed by atoms with Crippen LogP contribution in [0, 0.1) is 0 Å². The van der Waals surface area contributed by atoms with E-state index in [4.69, 9.17) is 10.5 Å². The van der Waals surface area contributed by atoms with E-state index in [2.05, 4.69) is 18.7 Å². The van der Waals surface area contributed by atoms with Crippen molar-refractivity contribution in [1.82, 2.24) is 4.90 Å². The van der Waals surface area contributed by atoms with Gasteiger partial charge in [0.15, 0.2) is 0 Å². The normalized spacial score (nSPS) is 41.1. The van der Waals surface area contributed by atoms with Crippen LogP contribution in [0.15, 0.2) is 0 Å². The van der Waals surface area contributed by atoms with Crippen LogP contribution in [0.3, 0.4) is 0 Å². The average molecular weight is 240 g/mol. The van der Waals surface area contributed by atoms with Gasteiger partial charge in [-0.15, -0.1) is 0 Å². The smallest absolute Gasteiger partial charge is 0.0674 e. The first-order valence-electron chi connectivity index (χ1n) is 7.35. The summed E-state index contributed by atoms with van der Waals surface area (Å²) in [5.74, 6) is 0. The quantitative estimate of drug-likeness (QED) is 0.752. The van der Waals surface area contributed by atoms with E-state index in [1.807, 2.05) is 0 Å². The van der Waals surface area contributed by atoms with Gasteiger partial charge in [-0.2, -0.15) is 0 Å². The van der Waals surface area contributed by atoms with Crippen molar-refractivity contribution in [3.05, 3.63) is 0 Å². The molecule has 0 radical (unpaired) electrons. The number of hydrogen-bond acceptors (Lipinski definition) is 3. The van der Waals surface area contributed by atoms with E-state index in [-0.39, 0.29) is 0 Å². The zero-order valence-corrected chi connectivity index (χ0v) is 11.4. The van der Waals surface area contributed by atoms with E-state index in [1.54, 1.807) is 0 Å². The lowest BCUT2D eigenvalue weighted by Crippen LogP contribution is -2.58. The average Bonchev–Trinajstić information content (AvgIpc) is 2.54. The van der Waals surface area contributed by atoms with Crippen LogP contribution in [-0.4, -0.2) is 42.3 Å². The zero-order chi connectivity index (χ0) is 12.3. The molecule has 3 heteroatoms. The molecule has 4 atom stereocenters. The van der Waals surface area contributed by atoms with Crippen molar-refractivity contribution in [3.63, 3.8) is 0 Å². The van der Waals surface area contributed by atoms with Gasteiger partial charge in [-0.05, 0) is 26.2 Å². The molecule has 0 spiro atoms. The molecule has 0 amide bonds. The first-order valence-corrected chi connectivity index (χ1v) is 7.35. The van der Waals surface area contributed by atoms with Crippen molar-refractivity contribution < 1.29 is 4.74 Å². The molecule has 0 bridgehead atoms. The molecule has 4 unspecified atom stereocenters. The topological polar surface area (TPSA) is 38.5 Å². The molecule has 0 aromatic rings. The minimum absolute atomic E-state index is 0.369. The van der Waals surface area contributed by atoms with E-state index in [0.717, 1.165) is 13.2 Å². The number of hydrogen-bond donors (Lipinski definition) is 1. The second-order valence-electron chi connectivity index (χ2n) is 5.77. The van der Waals surface area contributed by atoms with E-state index in [1.165, 1.54) is 38.5 Å². The summed E-state index contributed by atoms with van der Waals surface area (Å²) in [5, 5.41) is 0. The summed E-state index contributed by atoms with van der Waals surface area (Å²) in [5.41, 5.74) is 6.39. The molecule has 1 aliphatic heterocycles. The standard InChI is InChI=1S/C14H28N2O/c1-3-12-10-17-11(2)9-16(12)14-8-6-4-5-7-13(14)15/h11-14H,3-10,15H2,1-2H3. The third kappa shape index (κ3) is 3.21. The number of nitrogens with zero attached hydrogens (tertiary/aromatic N) is 1. The Hall–Kier alpha value is -0.120. The highest BCUT2D eigenvalue weighted by molar-refractivity contribution is 4.90. The van der Waals surface area contributed by atoms with Crippen LogP contribution in [0.2, 0.25) is 0 Å². The first-order chi connectivity index (χ1) is 8.22. The third-order valence-corrected chi connectivity index (χ3v) is 4.44. The Labute approximate surface area is 106 Å². The Balaban J connectivity index is 2.05. The molecular formula is C14H28N2O. The summed E-state index contributed by atoms with van der Waals surface area (Å²) in [7, 11) is 0.